The van der Waals surface area contributed by atoms with Crippen molar-refractivity contribution in [2.24, 2.45) is 0 Å². The van der Waals surface area contributed by atoms with E-state index >= 15 is 0 Å². The lowest BCUT2D eigenvalue weighted by molar-refractivity contribution is 0.0935. The lowest BCUT2D eigenvalue weighted by Crippen LogP contribution is -2.36. The molecule has 0 spiro atoms. The van der Waals surface area contributed by atoms with Crippen LogP contribution in [-0.2, 0) is 9.84 Å². The van der Waals surface area contributed by atoms with E-state index in [1.807, 2.05) is 32.0 Å². The van der Waals surface area contributed by atoms with Crippen molar-refractivity contribution in [2.45, 2.75) is 26.3 Å². The van der Waals surface area contributed by atoms with Crippen molar-refractivity contribution in [3.05, 3.63) is 47.2 Å². The zero-order valence-corrected chi connectivity index (χ0v) is 14.9. The van der Waals surface area contributed by atoms with Gasteiger partial charge in [-0.1, -0.05) is 6.07 Å². The highest BCUT2D eigenvalue weighted by atomic mass is 32.2. The van der Waals surface area contributed by atoms with E-state index < -0.39 is 15.7 Å². The number of aryl methyl sites for hydroxylation is 2. The van der Waals surface area contributed by atoms with Crippen LogP contribution in [0.1, 0.15) is 28.0 Å². The molecule has 1 aromatic carbocycles. The number of hydrogen-bond donors (Lipinski definition) is 2. The second-order valence-electron chi connectivity index (χ2n) is 6.30. The fraction of sp³-hybridized carbons (Fsp3) is 0.353. The zero-order valence-electron chi connectivity index (χ0n) is 14.1. The highest BCUT2D eigenvalue weighted by molar-refractivity contribution is 7.91. The summed E-state index contributed by atoms with van der Waals surface area (Å²) < 4.78 is 22.9. The summed E-state index contributed by atoms with van der Waals surface area (Å²) in [6.07, 6.45) is 0.438. The van der Waals surface area contributed by atoms with Gasteiger partial charge in [-0.05, 0) is 55.7 Å². The summed E-state index contributed by atoms with van der Waals surface area (Å²) >= 11 is 0. The molecule has 1 aromatic heterocycles. The molecular formula is C17H20N4O3S. The number of amides is 1. The molecule has 1 fully saturated rings. The summed E-state index contributed by atoms with van der Waals surface area (Å²) in [7, 11) is -3.03. The Kier molecular flexibility index (Phi) is 4.71. The van der Waals surface area contributed by atoms with Gasteiger partial charge in [0.25, 0.3) is 5.91 Å². The molecule has 132 valence electrons. The molecule has 3 rings (SSSR count). The molecule has 8 heteroatoms. The molecule has 0 aliphatic carbocycles. The second kappa shape index (κ2) is 6.79. The van der Waals surface area contributed by atoms with Gasteiger partial charge in [0.2, 0.25) is 0 Å². The SMILES string of the molecule is Cc1ccc(Nc2ccc(C(=O)NC3CCS(=O)(=O)C3)nn2)cc1C. The van der Waals surface area contributed by atoms with Crippen LogP contribution in [0.25, 0.3) is 0 Å². The topological polar surface area (TPSA) is 101 Å². The maximum Gasteiger partial charge on any atom is 0.272 e. The predicted molar refractivity (Wildman–Crippen MR) is 95.8 cm³/mol. The minimum Gasteiger partial charge on any atom is -0.347 e. The lowest BCUT2D eigenvalue weighted by atomic mass is 10.1. The maximum atomic E-state index is 12.1. The molecule has 0 saturated carbocycles. The molecule has 0 radical (unpaired) electrons. The number of nitrogens with zero attached hydrogens (tertiary/aromatic N) is 2. The molecule has 0 bridgehead atoms. The second-order valence-corrected chi connectivity index (χ2v) is 8.53. The van der Waals surface area contributed by atoms with Gasteiger partial charge >= 0.3 is 0 Å². The van der Waals surface area contributed by atoms with Crippen molar-refractivity contribution in [1.82, 2.24) is 15.5 Å². The number of nitrogens with one attached hydrogen (secondary N) is 2. The van der Waals surface area contributed by atoms with Gasteiger partial charge in [0.05, 0.1) is 11.5 Å². The van der Waals surface area contributed by atoms with Gasteiger partial charge in [0.1, 0.15) is 0 Å². The Balaban J connectivity index is 1.63. The summed E-state index contributed by atoms with van der Waals surface area (Å²) in [4.78, 5) is 12.1. The van der Waals surface area contributed by atoms with Gasteiger partial charge in [-0.2, -0.15) is 0 Å². The van der Waals surface area contributed by atoms with Crippen LogP contribution < -0.4 is 10.6 Å². The minimum absolute atomic E-state index is 0.0153. The number of anilines is 2. The first kappa shape index (κ1) is 17.3. The van der Waals surface area contributed by atoms with Crippen LogP contribution in [0.15, 0.2) is 30.3 Å². The Hall–Kier alpha value is -2.48. The first-order chi connectivity index (χ1) is 11.8. The van der Waals surface area contributed by atoms with Crippen LogP contribution in [0.2, 0.25) is 0 Å². The standard InChI is InChI=1S/C17H20N4O3S/c1-11-3-4-13(9-12(11)2)18-16-6-5-15(20-21-16)17(22)19-14-7-8-25(23,24)10-14/h3-6,9,14H,7-8,10H2,1-2H3,(H,18,21)(H,19,22). The number of rotatable bonds is 4. The van der Waals surface area contributed by atoms with Gasteiger partial charge in [0.15, 0.2) is 21.3 Å². The molecular weight excluding hydrogens is 340 g/mol. The molecule has 2 heterocycles. The average Bonchev–Trinajstić information content (AvgIpc) is 2.90. The van der Waals surface area contributed by atoms with Crippen LogP contribution in [0.5, 0.6) is 0 Å². The molecule has 25 heavy (non-hydrogen) atoms. The Morgan fingerprint density at radius 2 is 1.92 bits per heavy atom. The van der Waals surface area contributed by atoms with E-state index in [0.29, 0.717) is 12.2 Å². The smallest absolute Gasteiger partial charge is 0.272 e. The Bertz CT molecular complexity index is 895. The Morgan fingerprint density at radius 1 is 1.12 bits per heavy atom. The van der Waals surface area contributed by atoms with Gasteiger partial charge in [-0.15, -0.1) is 10.2 Å². The summed E-state index contributed by atoms with van der Waals surface area (Å²) in [5.74, 6) is 0.219. The molecule has 1 atom stereocenters. The fourth-order valence-corrected chi connectivity index (χ4v) is 4.33. The zero-order chi connectivity index (χ0) is 18.0. The number of benzene rings is 1. The largest absolute Gasteiger partial charge is 0.347 e. The van der Waals surface area contributed by atoms with Crippen molar-refractivity contribution in [3.63, 3.8) is 0 Å². The normalized spacial score (nSPS) is 18.7. The van der Waals surface area contributed by atoms with E-state index in [0.717, 1.165) is 5.69 Å². The van der Waals surface area contributed by atoms with Crippen molar-refractivity contribution < 1.29 is 13.2 Å². The summed E-state index contributed by atoms with van der Waals surface area (Å²) in [6.45, 7) is 4.07. The number of aromatic nitrogens is 2. The third kappa shape index (κ3) is 4.33. The van der Waals surface area contributed by atoms with Crippen LogP contribution in [0.3, 0.4) is 0 Å². The average molecular weight is 360 g/mol. The molecule has 1 amide bonds. The highest BCUT2D eigenvalue weighted by Crippen LogP contribution is 2.18. The van der Waals surface area contributed by atoms with Gasteiger partial charge in [-0.25, -0.2) is 8.42 Å². The number of sulfone groups is 1. The number of carbonyl (C=O) groups is 1. The van der Waals surface area contributed by atoms with E-state index in [1.54, 1.807) is 12.1 Å². The lowest BCUT2D eigenvalue weighted by Gasteiger charge is -2.10. The minimum atomic E-state index is -3.03. The third-order valence-electron chi connectivity index (χ3n) is 4.24. The quantitative estimate of drug-likeness (QED) is 0.861. The Labute approximate surface area is 146 Å². The summed E-state index contributed by atoms with van der Waals surface area (Å²) in [5, 5.41) is 13.8. The number of hydrogen-bond acceptors (Lipinski definition) is 6. The van der Waals surface area contributed by atoms with E-state index in [-0.39, 0.29) is 23.2 Å². The number of carbonyl (C=O) groups excluding carboxylic acids is 1. The highest BCUT2D eigenvalue weighted by Gasteiger charge is 2.29. The molecule has 2 N–H and O–H groups in total. The van der Waals surface area contributed by atoms with Gasteiger partial charge < -0.3 is 10.6 Å². The summed E-state index contributed by atoms with van der Waals surface area (Å²) in [6, 6.07) is 8.86. The van der Waals surface area contributed by atoms with Crippen molar-refractivity contribution >= 4 is 27.2 Å². The molecule has 7 nitrogen and oxygen atoms in total. The third-order valence-corrected chi connectivity index (χ3v) is 6.01. The fourth-order valence-electron chi connectivity index (χ4n) is 2.66. The molecule has 1 unspecified atom stereocenters. The monoisotopic (exact) mass is 360 g/mol. The summed E-state index contributed by atoms with van der Waals surface area (Å²) in [5.41, 5.74) is 3.43. The van der Waals surface area contributed by atoms with Crippen molar-refractivity contribution in [1.29, 1.82) is 0 Å². The van der Waals surface area contributed by atoms with E-state index in [9.17, 15) is 13.2 Å². The van der Waals surface area contributed by atoms with Gasteiger partial charge in [0, 0.05) is 11.7 Å². The predicted octanol–water partition coefficient (Wildman–Crippen LogP) is 1.75. The Morgan fingerprint density at radius 3 is 2.52 bits per heavy atom. The van der Waals surface area contributed by atoms with Gasteiger partial charge in [-0.3, -0.25) is 4.79 Å². The molecule has 1 saturated heterocycles. The van der Waals surface area contributed by atoms with Crippen LogP contribution in [0, 0.1) is 13.8 Å². The van der Waals surface area contributed by atoms with Crippen molar-refractivity contribution in [3.8, 4) is 0 Å². The first-order valence-corrected chi connectivity index (χ1v) is 9.84. The first-order valence-electron chi connectivity index (χ1n) is 8.02. The van der Waals surface area contributed by atoms with Crippen LogP contribution in [0.4, 0.5) is 11.5 Å². The van der Waals surface area contributed by atoms with E-state index in [4.69, 9.17) is 0 Å². The van der Waals surface area contributed by atoms with Crippen molar-refractivity contribution in [2.75, 3.05) is 16.8 Å². The van der Waals surface area contributed by atoms with Crippen LogP contribution >= 0.6 is 0 Å². The molecule has 1 aliphatic rings. The van der Waals surface area contributed by atoms with E-state index in [1.165, 1.54) is 11.1 Å². The van der Waals surface area contributed by atoms with E-state index in [2.05, 4.69) is 20.8 Å². The van der Waals surface area contributed by atoms with Crippen LogP contribution in [-0.4, -0.2) is 42.1 Å². The molecule has 1 aliphatic heterocycles. The maximum absolute atomic E-state index is 12.1. The molecule has 2 aromatic rings.